The highest BCUT2D eigenvalue weighted by molar-refractivity contribution is 7.13. The van der Waals surface area contributed by atoms with Gasteiger partial charge < -0.3 is 9.47 Å². The van der Waals surface area contributed by atoms with Gasteiger partial charge in [0.2, 0.25) is 5.91 Å². The fraction of sp³-hybridized carbons (Fsp3) is 0.292. The van der Waals surface area contributed by atoms with Gasteiger partial charge in [-0.3, -0.25) is 20.0 Å². The monoisotopic (exact) mass is 468 g/mol. The predicted molar refractivity (Wildman–Crippen MR) is 126 cm³/mol. The van der Waals surface area contributed by atoms with Gasteiger partial charge in [0.15, 0.2) is 16.7 Å². The molecular formula is C24H25FN4O3S. The first-order chi connectivity index (χ1) is 15.9. The third kappa shape index (κ3) is 6.67. The van der Waals surface area contributed by atoms with Crippen molar-refractivity contribution in [1.29, 1.82) is 0 Å². The molecule has 0 spiro atoms. The number of nitrogens with zero attached hydrogens (tertiary/aromatic N) is 3. The van der Waals surface area contributed by atoms with Crippen LogP contribution in [-0.4, -0.2) is 46.1 Å². The number of ether oxygens (including phenoxy) is 2. The number of halogens is 1. The number of carbonyl (C=O) groups is 1. The molecule has 1 aliphatic heterocycles. The molecule has 7 nitrogen and oxygen atoms in total. The molecule has 2 atom stereocenters. The molecule has 0 radical (unpaired) electrons. The Morgan fingerprint density at radius 1 is 1.33 bits per heavy atom. The van der Waals surface area contributed by atoms with Crippen molar-refractivity contribution in [3.05, 3.63) is 71.3 Å². The lowest BCUT2D eigenvalue weighted by Crippen LogP contribution is -2.44. The SMILES string of the molecule is CC1CN(Cc2csc(NC(=O)/C=C/c3ccc(Oc4cccnc4)c(F)c3)n2)CC(C)O1. The Morgan fingerprint density at radius 3 is 2.88 bits per heavy atom. The summed E-state index contributed by atoms with van der Waals surface area (Å²) in [5, 5.41) is 5.23. The number of carbonyl (C=O) groups excluding carboxylic acids is 1. The summed E-state index contributed by atoms with van der Waals surface area (Å²) < 4.78 is 25.6. The van der Waals surface area contributed by atoms with Gasteiger partial charge in [0.1, 0.15) is 5.75 Å². The molecule has 3 heterocycles. The Bertz CT molecular complexity index is 1110. The van der Waals surface area contributed by atoms with E-state index in [1.165, 1.54) is 41.8 Å². The van der Waals surface area contributed by atoms with E-state index in [9.17, 15) is 9.18 Å². The largest absolute Gasteiger partial charge is 0.453 e. The second kappa shape index (κ2) is 10.7. The molecule has 1 fully saturated rings. The molecule has 0 bridgehead atoms. The standard InChI is InChI=1S/C24H25FN4O3S/c1-16-12-29(13-17(2)31-16)14-19-15-33-24(27-19)28-23(30)8-6-18-5-7-22(21(25)10-18)32-20-4-3-9-26-11-20/h3-11,15-17H,12-14H2,1-2H3,(H,27,28,30)/b8-6+. The molecule has 2 aromatic heterocycles. The summed E-state index contributed by atoms with van der Waals surface area (Å²) in [6, 6.07) is 7.89. The van der Waals surface area contributed by atoms with Crippen molar-refractivity contribution in [2.45, 2.75) is 32.6 Å². The highest BCUT2D eigenvalue weighted by atomic mass is 32.1. The molecule has 1 amide bonds. The number of aromatic nitrogens is 2. The minimum atomic E-state index is -0.530. The van der Waals surface area contributed by atoms with E-state index in [-0.39, 0.29) is 23.9 Å². The van der Waals surface area contributed by atoms with Crippen LogP contribution in [0.1, 0.15) is 25.1 Å². The zero-order chi connectivity index (χ0) is 23.2. The Labute approximate surface area is 195 Å². The molecule has 172 valence electrons. The summed E-state index contributed by atoms with van der Waals surface area (Å²) in [5.41, 5.74) is 1.45. The van der Waals surface area contributed by atoms with E-state index in [4.69, 9.17) is 9.47 Å². The van der Waals surface area contributed by atoms with Gasteiger partial charge in [-0.05, 0) is 49.8 Å². The van der Waals surface area contributed by atoms with Crippen LogP contribution in [0.3, 0.4) is 0 Å². The number of thiazole rings is 1. The molecule has 1 N–H and O–H groups in total. The molecule has 33 heavy (non-hydrogen) atoms. The molecule has 1 aromatic carbocycles. The lowest BCUT2D eigenvalue weighted by atomic mass is 10.2. The maximum absolute atomic E-state index is 14.4. The first kappa shape index (κ1) is 23.0. The first-order valence-electron chi connectivity index (χ1n) is 10.6. The van der Waals surface area contributed by atoms with Crippen LogP contribution in [0.15, 0.2) is 54.2 Å². The van der Waals surface area contributed by atoms with E-state index >= 15 is 0 Å². The molecule has 4 rings (SSSR count). The van der Waals surface area contributed by atoms with E-state index in [2.05, 4.69) is 34.0 Å². The normalized spacial score (nSPS) is 19.0. The number of benzene rings is 1. The Morgan fingerprint density at radius 2 is 2.15 bits per heavy atom. The maximum Gasteiger partial charge on any atom is 0.250 e. The molecule has 3 aromatic rings. The van der Waals surface area contributed by atoms with Crippen molar-refractivity contribution < 1.29 is 18.7 Å². The molecule has 2 unspecified atom stereocenters. The second-order valence-corrected chi connectivity index (χ2v) is 8.76. The number of pyridine rings is 1. The fourth-order valence-electron chi connectivity index (χ4n) is 3.64. The third-order valence-electron chi connectivity index (χ3n) is 4.91. The van der Waals surface area contributed by atoms with E-state index in [0.29, 0.717) is 23.0 Å². The molecule has 9 heteroatoms. The van der Waals surface area contributed by atoms with Gasteiger partial charge in [-0.2, -0.15) is 0 Å². The van der Waals surface area contributed by atoms with Crippen molar-refractivity contribution in [2.24, 2.45) is 0 Å². The third-order valence-corrected chi connectivity index (χ3v) is 5.71. The second-order valence-electron chi connectivity index (χ2n) is 7.90. The zero-order valence-corrected chi connectivity index (χ0v) is 19.2. The zero-order valence-electron chi connectivity index (χ0n) is 18.4. The van der Waals surface area contributed by atoms with Crippen LogP contribution in [-0.2, 0) is 16.1 Å². The van der Waals surface area contributed by atoms with E-state index < -0.39 is 5.82 Å². The summed E-state index contributed by atoms with van der Waals surface area (Å²) in [5.74, 6) is -0.332. The quantitative estimate of drug-likeness (QED) is 0.505. The van der Waals surface area contributed by atoms with Crippen molar-refractivity contribution in [3.63, 3.8) is 0 Å². The first-order valence-corrected chi connectivity index (χ1v) is 11.5. The van der Waals surface area contributed by atoms with Crippen molar-refractivity contribution in [2.75, 3.05) is 18.4 Å². The number of hydrogen-bond donors (Lipinski definition) is 1. The molecule has 1 aliphatic rings. The predicted octanol–water partition coefficient (Wildman–Crippen LogP) is 4.73. The number of morpholine rings is 1. The van der Waals surface area contributed by atoms with Gasteiger partial charge in [0.25, 0.3) is 0 Å². The van der Waals surface area contributed by atoms with Crippen LogP contribution in [0.2, 0.25) is 0 Å². The smallest absolute Gasteiger partial charge is 0.250 e. The van der Waals surface area contributed by atoms with Crippen LogP contribution >= 0.6 is 11.3 Å². The van der Waals surface area contributed by atoms with Crippen molar-refractivity contribution >= 4 is 28.5 Å². The topological polar surface area (TPSA) is 76.6 Å². The summed E-state index contributed by atoms with van der Waals surface area (Å²) in [4.78, 5) is 23.0. The summed E-state index contributed by atoms with van der Waals surface area (Å²) in [7, 11) is 0. The average Bonchev–Trinajstić information content (AvgIpc) is 3.20. The number of nitrogens with one attached hydrogen (secondary N) is 1. The maximum atomic E-state index is 14.4. The van der Waals surface area contributed by atoms with Crippen molar-refractivity contribution in [3.8, 4) is 11.5 Å². The van der Waals surface area contributed by atoms with Gasteiger partial charge in [0, 0.05) is 37.3 Å². The minimum Gasteiger partial charge on any atom is -0.453 e. The lowest BCUT2D eigenvalue weighted by Gasteiger charge is -2.34. The molecule has 0 aliphatic carbocycles. The lowest BCUT2D eigenvalue weighted by molar-refractivity contribution is -0.111. The van der Waals surface area contributed by atoms with E-state index in [1.54, 1.807) is 24.4 Å². The summed E-state index contributed by atoms with van der Waals surface area (Å²) >= 11 is 1.38. The van der Waals surface area contributed by atoms with Gasteiger partial charge in [-0.1, -0.05) is 6.07 Å². The van der Waals surface area contributed by atoms with Gasteiger partial charge in [-0.15, -0.1) is 11.3 Å². The molecular weight excluding hydrogens is 443 g/mol. The summed E-state index contributed by atoms with van der Waals surface area (Å²) in [6.07, 6.45) is 6.39. The van der Waals surface area contributed by atoms with Crippen molar-refractivity contribution in [1.82, 2.24) is 14.9 Å². The van der Waals surface area contributed by atoms with Crippen LogP contribution in [0, 0.1) is 5.82 Å². The van der Waals surface area contributed by atoms with E-state index in [1.807, 2.05) is 5.38 Å². The number of hydrogen-bond acceptors (Lipinski definition) is 7. The Hall–Kier alpha value is -3.14. The highest BCUT2D eigenvalue weighted by Gasteiger charge is 2.22. The van der Waals surface area contributed by atoms with Crippen LogP contribution in [0.25, 0.3) is 6.08 Å². The highest BCUT2D eigenvalue weighted by Crippen LogP contribution is 2.25. The Kier molecular flexibility index (Phi) is 7.43. The molecule has 1 saturated heterocycles. The minimum absolute atomic E-state index is 0.0870. The molecule has 0 saturated carbocycles. The summed E-state index contributed by atoms with van der Waals surface area (Å²) in [6.45, 7) is 6.56. The number of anilines is 1. The van der Waals surface area contributed by atoms with Crippen LogP contribution < -0.4 is 10.1 Å². The van der Waals surface area contributed by atoms with E-state index in [0.717, 1.165) is 18.8 Å². The van der Waals surface area contributed by atoms with Gasteiger partial charge in [0.05, 0.1) is 24.1 Å². The number of rotatable bonds is 7. The fourth-order valence-corrected chi connectivity index (χ4v) is 4.34. The number of amides is 1. The Balaban J connectivity index is 1.31. The van der Waals surface area contributed by atoms with Crippen LogP contribution in [0.4, 0.5) is 9.52 Å². The van der Waals surface area contributed by atoms with Gasteiger partial charge >= 0.3 is 0 Å². The van der Waals surface area contributed by atoms with Crippen LogP contribution in [0.5, 0.6) is 11.5 Å². The average molecular weight is 469 g/mol. The van der Waals surface area contributed by atoms with Gasteiger partial charge in [-0.25, -0.2) is 9.37 Å².